The van der Waals surface area contributed by atoms with Crippen molar-refractivity contribution in [2.45, 2.75) is 195 Å². The van der Waals surface area contributed by atoms with Crippen LogP contribution in [0.1, 0.15) is 138 Å². The number of nitrogens with two attached hydrogens (primary N) is 1. The summed E-state index contributed by atoms with van der Waals surface area (Å²) in [5, 5.41) is 136. The zero-order chi connectivity index (χ0) is 83.1. The number of esters is 1. The Morgan fingerprint density at radius 1 is 0.719 bits per heavy atom. The van der Waals surface area contributed by atoms with E-state index in [0.29, 0.717) is 6.42 Å². The average molecular weight is 1640 g/mol. The number of likely N-dealkylation sites (N-methyl/N-ethyl adjacent to an activating group) is 1. The number of halogens is 2. The maximum absolute atomic E-state index is 16.2. The molecule has 0 saturated carbocycles. The second-order valence-electron chi connectivity index (χ2n) is 29.0. The number of unbranched alkanes of at least 4 members (excludes halogenated alkanes) is 3. The Kier molecular flexibility index (Phi) is 28.3. The number of carboxylic acid groups (broad SMARTS) is 1. The van der Waals surface area contributed by atoms with Gasteiger partial charge >= 0.3 is 11.9 Å². The molecule has 2 saturated heterocycles. The highest BCUT2D eigenvalue weighted by molar-refractivity contribution is 6.32. The highest BCUT2D eigenvalue weighted by Crippen LogP contribution is 2.50. The minimum Gasteiger partial charge on any atom is -0.508 e. The zero-order valence-electron chi connectivity index (χ0n) is 62.8. The van der Waals surface area contributed by atoms with E-state index in [9.17, 15) is 79.8 Å². The van der Waals surface area contributed by atoms with E-state index in [1.165, 1.54) is 33.2 Å². The van der Waals surface area contributed by atoms with Crippen molar-refractivity contribution in [3.8, 4) is 57.1 Å². The Hall–Kier alpha value is -9.77. The number of primary amides is 1. The van der Waals surface area contributed by atoms with Crippen molar-refractivity contribution in [3.63, 3.8) is 0 Å². The Bertz CT molecular complexity index is 4430. The summed E-state index contributed by atoms with van der Waals surface area (Å²) in [6.45, 7) is 7.76. The third-order valence-electron chi connectivity index (χ3n) is 20.2. The van der Waals surface area contributed by atoms with Gasteiger partial charge in [0.2, 0.25) is 53.4 Å². The smallest absolute Gasteiger partial charge is 0.336 e. The van der Waals surface area contributed by atoms with E-state index in [2.05, 4.69) is 42.5 Å². The first-order chi connectivity index (χ1) is 54.1. The summed E-state index contributed by atoms with van der Waals surface area (Å²) < 4.78 is 50.2. The number of aromatic hydroxyl groups is 3. The molecule has 36 nitrogen and oxygen atoms in total. The molecule has 0 aliphatic carbocycles. The SMILES string of the molecule is CCCCCCOC(CNC1(C)CC(OC2C(Oc3c4cc5cc3Oc3ccc(cc3Cl)[C@@H](O)[C@@H]3NC(=O)C(NC(=O)C5NC(=O)C(CC(N)=O)NC(=O)[C@@H](NC(=O)[C@@H](CC(C)C)NC)C(O)c5ccc(c(Cl)c5)O4)c4ccc(O)c(c4)-c4c(O)cc(O)cc4C(C(=O)O)NC3=O)OC(CO)C(O)C2O)OC(C)C1O)C(=O)OC. The lowest BCUT2D eigenvalue weighted by Gasteiger charge is -2.48. The normalized spacial score (nSPS) is 27.7. The molecule has 11 bridgehead atoms. The standard InChI is InChI=1S/C76H93Cl2N9O27/c1-8-9-10-11-18-108-50(74(106)107-7)29-81-76(5)28-53(109-32(4)66(76)97)113-65-63(96)62(95)51(30-88)112-75(65)114-64-48-23-36-24-49(64)111-47-17-14-35(22-41(47)78)61(94)59-72(103)85-57(73(104)105)39-25-37(89)26-45(91)54(39)38-20-33(12-15-44(38)90)55(69(100)87-59)84-70(101)56(36)83-68(99)43(27-52(79)92)82-71(102)58(86-67(98)42(80-6)19-31(2)3)60(93)34-13-16-46(110-48)40(77)21-34/h12-17,20-26,31-32,42-43,50-51,53,55-63,65-66,75,80-81,88-91,93-97H,8-11,18-19,27-30H2,1-7H3,(H2,79,92)(H,82,102)(H,83,99)(H,84,101)(H,85,103)(H,86,98)(H,87,100)(H,104,105)/t32?,42-,43?,50?,51?,53?,55?,56?,57?,58+,59+,60?,61-,62?,63?,65?,66?,75?,76?/m1/s1. The Labute approximate surface area is 662 Å². The molecule has 0 spiro atoms. The molecule has 20 N–H and O–H groups in total. The molecule has 0 radical (unpaired) electrons. The molecule has 618 valence electrons. The van der Waals surface area contributed by atoms with Crippen LogP contribution in [-0.4, -0.2) is 223 Å². The third-order valence-corrected chi connectivity index (χ3v) is 20.8. The number of fused-ring (bicyclic) bond motifs is 15. The van der Waals surface area contributed by atoms with Gasteiger partial charge in [-0.1, -0.05) is 81.4 Å². The summed E-state index contributed by atoms with van der Waals surface area (Å²) in [7, 11) is 2.66. The van der Waals surface area contributed by atoms with Crippen molar-refractivity contribution in [1.82, 2.24) is 42.5 Å². The van der Waals surface area contributed by atoms with Crippen LogP contribution in [-0.2, 0) is 66.8 Å². The molecule has 7 aliphatic heterocycles. The number of rotatable bonds is 23. The van der Waals surface area contributed by atoms with Gasteiger partial charge in [0.15, 0.2) is 36.0 Å². The number of carbonyl (C=O) groups excluding carboxylic acids is 8. The van der Waals surface area contributed by atoms with Crippen molar-refractivity contribution in [3.05, 3.63) is 117 Å². The van der Waals surface area contributed by atoms with Crippen molar-refractivity contribution in [1.29, 1.82) is 0 Å². The average Bonchev–Trinajstić information content (AvgIpc) is 0.767. The molecule has 0 aromatic heterocycles. The van der Waals surface area contributed by atoms with Crippen LogP contribution in [0.15, 0.2) is 78.9 Å². The van der Waals surface area contributed by atoms with Crippen LogP contribution in [0.2, 0.25) is 10.0 Å². The van der Waals surface area contributed by atoms with Crippen molar-refractivity contribution in [2.75, 3.05) is 33.9 Å². The van der Waals surface area contributed by atoms with Gasteiger partial charge in [0.05, 0.1) is 48.4 Å². The van der Waals surface area contributed by atoms with E-state index in [1.54, 1.807) is 6.92 Å². The monoisotopic (exact) mass is 1630 g/mol. The number of amides is 7. The number of methoxy groups -OCH3 is 1. The van der Waals surface area contributed by atoms with Crippen molar-refractivity contribution < 1.29 is 132 Å². The lowest BCUT2D eigenvalue weighted by Crippen LogP contribution is -2.66. The highest BCUT2D eigenvalue weighted by atomic mass is 35.5. The third kappa shape index (κ3) is 19.6. The molecule has 7 aliphatic rings. The van der Waals surface area contributed by atoms with Gasteiger partial charge in [0.1, 0.15) is 89.5 Å². The van der Waals surface area contributed by atoms with E-state index in [-0.39, 0.29) is 59.4 Å². The van der Waals surface area contributed by atoms with Gasteiger partial charge in [-0.3, -0.25) is 33.6 Å². The number of aliphatic hydroxyl groups is 6. The second kappa shape index (κ2) is 37.2. The molecule has 7 heterocycles. The van der Waals surface area contributed by atoms with Crippen molar-refractivity contribution in [2.24, 2.45) is 11.7 Å². The van der Waals surface area contributed by atoms with Crippen LogP contribution in [0.4, 0.5) is 0 Å². The number of aliphatic hydroxyl groups excluding tert-OH is 6. The van der Waals surface area contributed by atoms with E-state index < -0.39 is 249 Å². The first kappa shape index (κ1) is 86.6. The fraction of sp³-hybridized carbons (Fsp3) is 0.487. The molecule has 15 unspecified atom stereocenters. The van der Waals surface area contributed by atoms with Crippen LogP contribution >= 0.6 is 23.2 Å². The fourth-order valence-corrected chi connectivity index (χ4v) is 14.5. The summed E-state index contributed by atoms with van der Waals surface area (Å²) >= 11 is 14.3. The quantitative estimate of drug-likeness (QED) is 0.0328. The minimum atomic E-state index is -2.38. The molecule has 5 aromatic rings. The number of carbonyl (C=O) groups is 9. The summed E-state index contributed by atoms with van der Waals surface area (Å²) in [6, 6.07) is -0.910. The number of nitrogens with one attached hydrogen (secondary N) is 8. The van der Waals surface area contributed by atoms with E-state index in [0.717, 1.165) is 86.0 Å². The number of phenolic OH excluding ortho intramolecular Hbond substituents is 3. The topological polar surface area (TPSA) is 552 Å². The molecule has 19 atom stereocenters. The van der Waals surface area contributed by atoms with Crippen LogP contribution in [0.3, 0.4) is 0 Å². The summed E-state index contributed by atoms with van der Waals surface area (Å²) in [4.78, 5) is 131. The highest BCUT2D eigenvalue weighted by Gasteiger charge is 2.53. The molecule has 5 aromatic carbocycles. The predicted molar refractivity (Wildman–Crippen MR) is 399 cm³/mol. The Morgan fingerprint density at radius 3 is 1.96 bits per heavy atom. The van der Waals surface area contributed by atoms with E-state index in [4.69, 9.17) is 66.8 Å². The number of phenols is 3. The Balaban J connectivity index is 1.19. The lowest BCUT2D eigenvalue weighted by molar-refractivity contribution is -0.334. The maximum Gasteiger partial charge on any atom is 0.336 e. The lowest BCUT2D eigenvalue weighted by atomic mass is 9.84. The van der Waals surface area contributed by atoms with Crippen LogP contribution in [0.5, 0.6) is 46.0 Å². The first-order valence-corrected chi connectivity index (χ1v) is 37.4. The largest absolute Gasteiger partial charge is 0.508 e. The summed E-state index contributed by atoms with van der Waals surface area (Å²) in [5.74, 6) is -17.0. The number of hydrogen-bond acceptors (Lipinski definition) is 28. The van der Waals surface area contributed by atoms with Gasteiger partial charge in [-0.25, -0.2) is 9.59 Å². The number of benzene rings is 5. The summed E-state index contributed by atoms with van der Waals surface area (Å²) in [6.07, 6.45) is -17.2. The molecule has 7 amide bonds. The van der Waals surface area contributed by atoms with E-state index >= 15 is 14.4 Å². The van der Waals surface area contributed by atoms with Crippen LogP contribution in [0.25, 0.3) is 11.1 Å². The molecular weight excluding hydrogens is 1540 g/mol. The van der Waals surface area contributed by atoms with Gasteiger partial charge in [-0.2, -0.15) is 0 Å². The molecular formula is C76H93Cl2N9O27. The van der Waals surface area contributed by atoms with Gasteiger partial charge < -0.3 is 137 Å². The Morgan fingerprint density at radius 2 is 1.35 bits per heavy atom. The van der Waals surface area contributed by atoms with Gasteiger partial charge in [-0.05, 0) is 117 Å². The van der Waals surface area contributed by atoms with Crippen LogP contribution in [0, 0.1) is 5.92 Å². The van der Waals surface area contributed by atoms with Gasteiger partial charge in [0.25, 0.3) is 0 Å². The van der Waals surface area contributed by atoms with Crippen molar-refractivity contribution >= 4 is 76.5 Å². The second-order valence-corrected chi connectivity index (χ2v) is 29.8. The molecule has 2 fully saturated rings. The van der Waals surface area contributed by atoms with Crippen LogP contribution < -0.4 is 62.5 Å². The number of carboxylic acids is 1. The number of ether oxygens (including phenoxy) is 8. The molecule has 114 heavy (non-hydrogen) atoms. The predicted octanol–water partition coefficient (Wildman–Crippen LogP) is 1.88. The molecule has 12 rings (SSSR count). The number of aliphatic carboxylic acids is 1. The minimum absolute atomic E-state index is 0.113. The van der Waals surface area contributed by atoms with Gasteiger partial charge in [-0.15, -0.1) is 0 Å². The number of hydrogen-bond donors (Lipinski definition) is 19. The van der Waals surface area contributed by atoms with E-state index in [1.807, 2.05) is 20.8 Å². The van der Waals surface area contributed by atoms with Gasteiger partial charge in [0, 0.05) is 47.9 Å². The first-order valence-electron chi connectivity index (χ1n) is 36.7. The summed E-state index contributed by atoms with van der Waals surface area (Å²) in [5.41, 5.74) is 1.42. The molecule has 38 heteroatoms. The zero-order valence-corrected chi connectivity index (χ0v) is 64.3. The maximum atomic E-state index is 16.2. The fourth-order valence-electron chi connectivity index (χ4n) is 14.1.